The van der Waals surface area contributed by atoms with E-state index in [9.17, 15) is 21.6 Å². The first-order valence-electron chi connectivity index (χ1n) is 10.3. The van der Waals surface area contributed by atoms with Gasteiger partial charge in [0.1, 0.15) is 16.4 Å². The van der Waals surface area contributed by atoms with Gasteiger partial charge in [-0.3, -0.25) is 0 Å². The highest BCUT2D eigenvalue weighted by atomic mass is 35.5. The lowest BCUT2D eigenvalue weighted by molar-refractivity contribution is -0.137. The molecule has 1 saturated heterocycles. The first-order valence-corrected chi connectivity index (χ1v) is 13.0. The molecule has 7 nitrogen and oxygen atoms in total. The summed E-state index contributed by atoms with van der Waals surface area (Å²) in [7, 11) is -1.08. The van der Waals surface area contributed by atoms with Gasteiger partial charge in [0, 0.05) is 43.2 Å². The lowest BCUT2D eigenvalue weighted by Crippen LogP contribution is -2.48. The van der Waals surface area contributed by atoms with Crippen LogP contribution in [0.3, 0.4) is 0 Å². The molecule has 1 aliphatic heterocycles. The van der Waals surface area contributed by atoms with E-state index >= 15 is 0 Å². The predicted molar refractivity (Wildman–Crippen MR) is 128 cm³/mol. The zero-order chi connectivity index (χ0) is 25.4. The molecule has 1 fully saturated rings. The van der Waals surface area contributed by atoms with Gasteiger partial charge in [-0.1, -0.05) is 11.6 Å². The van der Waals surface area contributed by atoms with Gasteiger partial charge >= 0.3 is 6.18 Å². The summed E-state index contributed by atoms with van der Waals surface area (Å²) in [5.74, 6) is 1.25. The zero-order valence-electron chi connectivity index (χ0n) is 18.7. The number of ether oxygens (including phenoxy) is 2. The van der Waals surface area contributed by atoms with Crippen molar-refractivity contribution < 1.29 is 31.1 Å². The van der Waals surface area contributed by atoms with E-state index in [1.165, 1.54) is 11.3 Å². The van der Waals surface area contributed by atoms with Crippen LogP contribution in [0.4, 0.5) is 18.3 Å². The molecule has 3 aromatic rings. The maximum atomic E-state index is 13.1. The van der Waals surface area contributed by atoms with Crippen molar-refractivity contribution in [2.45, 2.75) is 11.1 Å². The second kappa shape index (κ2) is 9.84. The number of piperazine rings is 1. The van der Waals surface area contributed by atoms with E-state index in [1.807, 2.05) is 22.4 Å². The van der Waals surface area contributed by atoms with Gasteiger partial charge in [-0.15, -0.1) is 11.3 Å². The van der Waals surface area contributed by atoms with E-state index in [0.717, 1.165) is 22.0 Å². The van der Waals surface area contributed by atoms with Crippen molar-refractivity contribution in [3.8, 4) is 22.8 Å². The van der Waals surface area contributed by atoms with Gasteiger partial charge in [0.25, 0.3) is 0 Å². The summed E-state index contributed by atoms with van der Waals surface area (Å²) in [5, 5.41) is 2.34. The van der Waals surface area contributed by atoms with E-state index in [0.29, 0.717) is 41.5 Å². The number of rotatable bonds is 6. The number of alkyl halides is 3. The molecule has 1 aromatic heterocycles. The van der Waals surface area contributed by atoms with Crippen molar-refractivity contribution in [2.75, 3.05) is 45.3 Å². The summed E-state index contributed by atoms with van der Waals surface area (Å²) in [4.78, 5) is 6.06. The van der Waals surface area contributed by atoms with Crippen LogP contribution >= 0.6 is 22.9 Å². The number of hydrogen-bond donors (Lipinski definition) is 0. The van der Waals surface area contributed by atoms with Gasteiger partial charge in [-0.2, -0.15) is 17.5 Å². The summed E-state index contributed by atoms with van der Waals surface area (Å²) in [6, 6.07) is 7.73. The number of hydrogen-bond acceptors (Lipinski definition) is 7. The highest BCUT2D eigenvalue weighted by molar-refractivity contribution is 7.89. The second-order valence-electron chi connectivity index (χ2n) is 7.65. The smallest absolute Gasteiger partial charge is 0.416 e. The maximum Gasteiger partial charge on any atom is 0.416 e. The molecule has 0 atom stereocenters. The quantitative estimate of drug-likeness (QED) is 0.432. The molecule has 0 N–H and O–H groups in total. The van der Waals surface area contributed by atoms with E-state index in [2.05, 4.69) is 4.98 Å². The van der Waals surface area contributed by atoms with Gasteiger partial charge in [0.15, 0.2) is 5.13 Å². The molecule has 0 saturated carbocycles. The third kappa shape index (κ3) is 5.35. The van der Waals surface area contributed by atoms with E-state index < -0.39 is 26.7 Å². The number of nitrogens with zero attached hydrogens (tertiary/aromatic N) is 3. The van der Waals surface area contributed by atoms with Gasteiger partial charge in [-0.05, 0) is 30.3 Å². The van der Waals surface area contributed by atoms with E-state index in [-0.39, 0.29) is 18.1 Å². The Hall–Kier alpha value is -2.54. The molecule has 4 rings (SSSR count). The van der Waals surface area contributed by atoms with E-state index in [4.69, 9.17) is 21.1 Å². The molecule has 0 amide bonds. The lowest BCUT2D eigenvalue weighted by Gasteiger charge is -2.34. The fraction of sp³-hybridized carbons (Fsp3) is 0.318. The Labute approximate surface area is 209 Å². The molecule has 0 bridgehead atoms. The topological polar surface area (TPSA) is 72.0 Å². The van der Waals surface area contributed by atoms with Crippen LogP contribution in [0, 0.1) is 0 Å². The maximum absolute atomic E-state index is 13.1. The molecule has 0 unspecified atom stereocenters. The molecule has 0 aliphatic carbocycles. The van der Waals surface area contributed by atoms with Gasteiger partial charge in [0.2, 0.25) is 10.0 Å². The van der Waals surface area contributed by atoms with Crippen LogP contribution in [0.1, 0.15) is 5.56 Å². The Morgan fingerprint density at radius 2 is 1.63 bits per heavy atom. The van der Waals surface area contributed by atoms with Crippen molar-refractivity contribution >= 4 is 38.1 Å². The van der Waals surface area contributed by atoms with Crippen molar-refractivity contribution in [1.82, 2.24) is 9.29 Å². The Balaban J connectivity index is 1.50. The molecule has 1 aliphatic rings. The summed E-state index contributed by atoms with van der Waals surface area (Å²) < 4.78 is 77.2. The average Bonchev–Trinajstić information content (AvgIpc) is 3.33. The first-order chi connectivity index (χ1) is 16.5. The summed E-state index contributed by atoms with van der Waals surface area (Å²) in [5.41, 5.74) is 0.459. The number of halogens is 4. The zero-order valence-corrected chi connectivity index (χ0v) is 21.1. The second-order valence-corrected chi connectivity index (χ2v) is 10.8. The summed E-state index contributed by atoms with van der Waals surface area (Å²) >= 11 is 7.38. The van der Waals surface area contributed by atoms with Crippen LogP contribution in [0.5, 0.6) is 11.5 Å². The van der Waals surface area contributed by atoms with Crippen molar-refractivity contribution in [1.29, 1.82) is 0 Å². The third-order valence-electron chi connectivity index (χ3n) is 5.52. The van der Waals surface area contributed by atoms with Crippen LogP contribution < -0.4 is 14.4 Å². The molecular formula is C22H21ClF3N3O4S2. The van der Waals surface area contributed by atoms with Crippen molar-refractivity contribution in [2.24, 2.45) is 0 Å². The SMILES string of the molecule is COc1cc(OC)cc(-c2csc(N3CCN(S(=O)(=O)c4cc(C(F)(F)F)ccc4Cl)CC3)n2)c1. The Bertz CT molecular complexity index is 1300. The average molecular weight is 548 g/mol. The molecule has 0 radical (unpaired) electrons. The number of anilines is 1. The summed E-state index contributed by atoms with van der Waals surface area (Å²) in [6.07, 6.45) is -4.68. The molecular weight excluding hydrogens is 527 g/mol. The van der Waals surface area contributed by atoms with Crippen molar-refractivity contribution in [3.63, 3.8) is 0 Å². The number of aromatic nitrogens is 1. The van der Waals surface area contributed by atoms with Gasteiger partial charge in [-0.25, -0.2) is 13.4 Å². The van der Waals surface area contributed by atoms with Crippen molar-refractivity contribution in [3.05, 3.63) is 52.4 Å². The summed E-state index contributed by atoms with van der Waals surface area (Å²) in [6.45, 7) is 0.808. The third-order valence-corrected chi connectivity index (χ3v) is 8.81. The molecule has 2 heterocycles. The number of methoxy groups -OCH3 is 2. The normalized spacial score (nSPS) is 15.3. The van der Waals surface area contributed by atoms with Crippen LogP contribution in [0.2, 0.25) is 5.02 Å². The monoisotopic (exact) mass is 547 g/mol. The minimum absolute atomic E-state index is 0.0802. The Morgan fingerprint density at radius 3 is 2.20 bits per heavy atom. The predicted octanol–water partition coefficient (Wildman–Crippen LogP) is 5.01. The fourth-order valence-corrected chi connectivity index (χ4v) is 6.44. The minimum Gasteiger partial charge on any atom is -0.497 e. The molecule has 13 heteroatoms. The molecule has 188 valence electrons. The Kier molecular flexibility index (Phi) is 7.18. The Morgan fingerprint density at radius 1 is 1.00 bits per heavy atom. The highest BCUT2D eigenvalue weighted by Gasteiger charge is 2.35. The lowest BCUT2D eigenvalue weighted by atomic mass is 10.1. The van der Waals surface area contributed by atoms with Gasteiger partial charge in [0.05, 0.1) is 30.5 Å². The largest absolute Gasteiger partial charge is 0.497 e. The minimum atomic E-state index is -4.68. The number of thiazole rings is 1. The molecule has 2 aromatic carbocycles. The number of benzene rings is 2. The highest BCUT2D eigenvalue weighted by Crippen LogP contribution is 2.36. The fourth-order valence-electron chi connectivity index (χ4n) is 3.63. The molecule has 0 spiro atoms. The number of sulfonamides is 1. The van der Waals surface area contributed by atoms with Crippen LogP contribution in [-0.4, -0.2) is 58.1 Å². The van der Waals surface area contributed by atoms with Crippen LogP contribution in [-0.2, 0) is 16.2 Å². The van der Waals surface area contributed by atoms with E-state index in [1.54, 1.807) is 20.3 Å². The van der Waals surface area contributed by atoms with Crippen LogP contribution in [0.25, 0.3) is 11.3 Å². The van der Waals surface area contributed by atoms with Gasteiger partial charge < -0.3 is 14.4 Å². The molecule has 35 heavy (non-hydrogen) atoms. The standard InChI is InChI=1S/C22H21ClF3N3O4S2/c1-32-16-9-14(10-17(12-16)33-2)19-13-34-21(27-19)28-5-7-29(8-6-28)35(30,31)20-11-15(22(24,25)26)3-4-18(20)23/h3-4,9-13H,5-8H2,1-2H3. The van der Waals surface area contributed by atoms with Crippen LogP contribution in [0.15, 0.2) is 46.7 Å². The first kappa shape index (κ1) is 25.5.